The Morgan fingerprint density at radius 2 is 1.76 bits per heavy atom. The summed E-state index contributed by atoms with van der Waals surface area (Å²) in [6.45, 7) is 3.62. The molecule has 0 saturated carbocycles. The number of oxime groups is 1. The highest BCUT2D eigenvalue weighted by Gasteiger charge is 2.16. The average Bonchev–Trinajstić information content (AvgIpc) is 2.84. The Morgan fingerprint density at radius 1 is 1.09 bits per heavy atom. The maximum absolute atomic E-state index is 13.4. The van der Waals surface area contributed by atoms with Crippen LogP contribution in [-0.2, 0) is 6.54 Å². The van der Waals surface area contributed by atoms with Crippen molar-refractivity contribution in [1.82, 2.24) is 20.6 Å². The van der Waals surface area contributed by atoms with Gasteiger partial charge in [0.05, 0.1) is 6.04 Å². The summed E-state index contributed by atoms with van der Waals surface area (Å²) in [6.07, 6.45) is 1.14. The SMILES string of the molecule is Cc1cc(CNC(=O)c2cc(C(=O)N[C@@H](C)c3ccc(C(N)=NO)cc3)ncn2)ccc1F. The molecule has 33 heavy (non-hydrogen) atoms. The lowest BCUT2D eigenvalue weighted by atomic mass is 10.1. The number of amides is 2. The Balaban J connectivity index is 1.63. The maximum Gasteiger partial charge on any atom is 0.270 e. The molecule has 1 atom stereocenters. The second-order valence-corrected chi connectivity index (χ2v) is 7.36. The van der Waals surface area contributed by atoms with E-state index in [1.54, 1.807) is 50.2 Å². The molecule has 0 saturated heterocycles. The minimum Gasteiger partial charge on any atom is -0.409 e. The number of hydrogen-bond acceptors (Lipinski definition) is 6. The predicted molar refractivity (Wildman–Crippen MR) is 119 cm³/mol. The number of carbonyl (C=O) groups excluding carboxylic acids is 2. The van der Waals surface area contributed by atoms with Crippen LogP contribution in [0.1, 0.15) is 56.2 Å². The van der Waals surface area contributed by atoms with Crippen molar-refractivity contribution in [2.75, 3.05) is 0 Å². The zero-order valence-corrected chi connectivity index (χ0v) is 18.0. The first-order valence-corrected chi connectivity index (χ1v) is 10.0. The molecule has 10 heteroatoms. The molecule has 1 heterocycles. The number of nitrogens with zero attached hydrogens (tertiary/aromatic N) is 3. The minimum absolute atomic E-state index is 0.0143. The number of carbonyl (C=O) groups is 2. The molecule has 0 aliphatic heterocycles. The van der Waals surface area contributed by atoms with Gasteiger partial charge < -0.3 is 21.6 Å². The zero-order valence-electron chi connectivity index (χ0n) is 18.0. The third-order valence-electron chi connectivity index (χ3n) is 4.97. The molecule has 3 rings (SSSR count). The fourth-order valence-corrected chi connectivity index (χ4v) is 3.05. The van der Waals surface area contributed by atoms with Crippen LogP contribution in [0.15, 0.2) is 60.0 Å². The molecular weight excluding hydrogens is 427 g/mol. The number of nitrogens with two attached hydrogens (primary N) is 1. The molecule has 170 valence electrons. The molecule has 0 bridgehead atoms. The van der Waals surface area contributed by atoms with Crippen LogP contribution in [0.3, 0.4) is 0 Å². The van der Waals surface area contributed by atoms with Gasteiger partial charge in [-0.2, -0.15) is 0 Å². The van der Waals surface area contributed by atoms with Gasteiger partial charge in [-0.05, 0) is 36.6 Å². The predicted octanol–water partition coefficient (Wildman–Crippen LogP) is 2.44. The second kappa shape index (κ2) is 10.3. The van der Waals surface area contributed by atoms with E-state index in [4.69, 9.17) is 10.9 Å². The molecule has 5 N–H and O–H groups in total. The monoisotopic (exact) mass is 450 g/mol. The van der Waals surface area contributed by atoms with Gasteiger partial charge in [-0.25, -0.2) is 14.4 Å². The van der Waals surface area contributed by atoms with Gasteiger partial charge in [0.1, 0.15) is 23.5 Å². The van der Waals surface area contributed by atoms with Crippen molar-refractivity contribution in [3.8, 4) is 0 Å². The van der Waals surface area contributed by atoms with Gasteiger partial charge >= 0.3 is 0 Å². The van der Waals surface area contributed by atoms with Crippen LogP contribution in [0.4, 0.5) is 4.39 Å². The molecule has 1 aromatic heterocycles. The lowest BCUT2D eigenvalue weighted by molar-refractivity contribution is 0.0934. The van der Waals surface area contributed by atoms with Crippen LogP contribution in [0.2, 0.25) is 0 Å². The summed E-state index contributed by atoms with van der Waals surface area (Å²) in [5.74, 6) is -1.29. The van der Waals surface area contributed by atoms with Gasteiger partial charge in [0.15, 0.2) is 5.84 Å². The van der Waals surface area contributed by atoms with Gasteiger partial charge in [-0.1, -0.05) is 41.6 Å². The highest BCUT2D eigenvalue weighted by atomic mass is 19.1. The van der Waals surface area contributed by atoms with E-state index >= 15 is 0 Å². The van der Waals surface area contributed by atoms with Crippen molar-refractivity contribution in [3.63, 3.8) is 0 Å². The van der Waals surface area contributed by atoms with Crippen LogP contribution < -0.4 is 16.4 Å². The molecule has 0 fully saturated rings. The Morgan fingerprint density at radius 3 is 2.39 bits per heavy atom. The Labute approximate surface area is 189 Å². The third kappa shape index (κ3) is 5.88. The van der Waals surface area contributed by atoms with Gasteiger partial charge in [-0.3, -0.25) is 9.59 Å². The van der Waals surface area contributed by atoms with Gasteiger partial charge in [0, 0.05) is 18.2 Å². The first-order chi connectivity index (χ1) is 15.8. The highest BCUT2D eigenvalue weighted by molar-refractivity contribution is 5.98. The average molecular weight is 450 g/mol. The standard InChI is InChI=1S/C23H23FN6O3/c1-13-9-15(3-8-18(13)24)11-26-22(31)19-10-20(28-12-27-19)23(32)29-14(2)16-4-6-17(7-5-16)21(25)30-33/h3-10,12,14,33H,11H2,1-2H3,(H2,25,30)(H,26,31)(H,29,32)/t14-/m0/s1. The van der Waals surface area contributed by atoms with Crippen molar-refractivity contribution >= 4 is 17.6 Å². The number of benzene rings is 2. The first kappa shape index (κ1) is 23.3. The Kier molecular flexibility index (Phi) is 7.29. The number of rotatable bonds is 7. The number of nitrogens with one attached hydrogen (secondary N) is 2. The number of hydrogen-bond donors (Lipinski definition) is 4. The van der Waals surface area contributed by atoms with E-state index < -0.39 is 11.8 Å². The van der Waals surface area contributed by atoms with E-state index in [2.05, 4.69) is 25.8 Å². The van der Waals surface area contributed by atoms with E-state index in [1.807, 2.05) is 0 Å². The Bertz CT molecular complexity index is 1200. The van der Waals surface area contributed by atoms with Crippen LogP contribution in [-0.4, -0.2) is 32.8 Å². The first-order valence-electron chi connectivity index (χ1n) is 10.0. The fourth-order valence-electron chi connectivity index (χ4n) is 3.05. The van der Waals surface area contributed by atoms with E-state index in [-0.39, 0.29) is 35.6 Å². The third-order valence-corrected chi connectivity index (χ3v) is 4.97. The van der Waals surface area contributed by atoms with Gasteiger partial charge in [0.25, 0.3) is 11.8 Å². The molecule has 2 aromatic carbocycles. The number of aryl methyl sites for hydroxylation is 1. The fraction of sp³-hybridized carbons (Fsp3) is 0.174. The van der Waals surface area contributed by atoms with Gasteiger partial charge in [0.2, 0.25) is 0 Å². The van der Waals surface area contributed by atoms with E-state index in [1.165, 1.54) is 12.1 Å². The number of amidine groups is 1. The lowest BCUT2D eigenvalue weighted by Crippen LogP contribution is -2.29. The van der Waals surface area contributed by atoms with E-state index in [9.17, 15) is 14.0 Å². The maximum atomic E-state index is 13.4. The largest absolute Gasteiger partial charge is 0.409 e. The van der Waals surface area contributed by atoms with E-state index in [0.29, 0.717) is 11.1 Å². The summed E-state index contributed by atoms with van der Waals surface area (Å²) < 4.78 is 13.4. The van der Waals surface area contributed by atoms with Crippen molar-refractivity contribution in [1.29, 1.82) is 0 Å². The lowest BCUT2D eigenvalue weighted by Gasteiger charge is -2.14. The molecule has 0 radical (unpaired) electrons. The molecule has 2 amide bonds. The smallest absolute Gasteiger partial charge is 0.270 e. The van der Waals surface area contributed by atoms with Crippen molar-refractivity contribution in [3.05, 3.63) is 94.3 Å². The highest BCUT2D eigenvalue weighted by Crippen LogP contribution is 2.14. The van der Waals surface area contributed by atoms with Crippen LogP contribution in [0, 0.1) is 12.7 Å². The van der Waals surface area contributed by atoms with Crippen molar-refractivity contribution < 1.29 is 19.2 Å². The summed E-state index contributed by atoms with van der Waals surface area (Å²) in [5, 5.41) is 17.2. The van der Waals surface area contributed by atoms with Crippen molar-refractivity contribution in [2.45, 2.75) is 26.4 Å². The normalized spacial score (nSPS) is 12.2. The summed E-state index contributed by atoms with van der Waals surface area (Å²) in [6, 6.07) is 12.3. The molecule has 0 unspecified atom stereocenters. The molecule has 0 aliphatic carbocycles. The van der Waals surface area contributed by atoms with E-state index in [0.717, 1.165) is 17.5 Å². The quantitative estimate of drug-likeness (QED) is 0.188. The number of aromatic nitrogens is 2. The summed E-state index contributed by atoms with van der Waals surface area (Å²) in [7, 11) is 0. The van der Waals surface area contributed by atoms with Crippen LogP contribution in [0.5, 0.6) is 0 Å². The minimum atomic E-state index is -0.486. The topological polar surface area (TPSA) is 143 Å². The Hall–Kier alpha value is -4.34. The summed E-state index contributed by atoms with van der Waals surface area (Å²) in [5.41, 5.74) is 8.17. The molecular formula is C23H23FN6O3. The van der Waals surface area contributed by atoms with Crippen molar-refractivity contribution in [2.24, 2.45) is 10.9 Å². The summed E-state index contributed by atoms with van der Waals surface area (Å²) >= 11 is 0. The number of halogens is 1. The summed E-state index contributed by atoms with van der Waals surface area (Å²) in [4.78, 5) is 33.0. The molecule has 0 aliphatic rings. The molecule has 9 nitrogen and oxygen atoms in total. The molecule has 3 aromatic rings. The van der Waals surface area contributed by atoms with Crippen LogP contribution in [0.25, 0.3) is 0 Å². The van der Waals surface area contributed by atoms with Crippen LogP contribution >= 0.6 is 0 Å². The molecule has 0 spiro atoms. The zero-order chi connectivity index (χ0) is 24.0. The van der Waals surface area contributed by atoms with Gasteiger partial charge in [-0.15, -0.1) is 0 Å². The second-order valence-electron chi connectivity index (χ2n) is 7.36.